The first-order valence-corrected chi connectivity index (χ1v) is 9.06. The van der Waals surface area contributed by atoms with Crippen LogP contribution in [0.4, 0.5) is 0 Å². The number of hydrogen-bond donors (Lipinski definition) is 0. The van der Waals surface area contributed by atoms with E-state index in [1.807, 2.05) is 4.90 Å². The van der Waals surface area contributed by atoms with Gasteiger partial charge in [0.05, 0.1) is 11.1 Å². The first kappa shape index (κ1) is 16.3. The van der Waals surface area contributed by atoms with E-state index in [1.165, 1.54) is 32.7 Å². The number of piperazine rings is 1. The maximum absolute atomic E-state index is 12.8. The maximum atomic E-state index is 12.8. The zero-order chi connectivity index (χ0) is 17.6. The quantitative estimate of drug-likeness (QED) is 0.767. The van der Waals surface area contributed by atoms with Gasteiger partial charge in [-0.05, 0) is 31.0 Å². The molecule has 0 bridgehead atoms. The third-order valence-corrected chi connectivity index (χ3v) is 5.78. The zero-order valence-corrected chi connectivity index (χ0v) is 14.5. The molecule has 6 nitrogen and oxygen atoms in total. The van der Waals surface area contributed by atoms with Crippen LogP contribution in [0.1, 0.15) is 56.8 Å². The highest BCUT2D eigenvalue weighted by atomic mass is 16.2. The van der Waals surface area contributed by atoms with Gasteiger partial charge in [0.25, 0.3) is 17.7 Å². The van der Waals surface area contributed by atoms with E-state index >= 15 is 0 Å². The van der Waals surface area contributed by atoms with Gasteiger partial charge >= 0.3 is 0 Å². The van der Waals surface area contributed by atoms with Crippen LogP contribution in [0.3, 0.4) is 0 Å². The standard InChI is InChI=1S/C19H23N3O3/c1-20-18(24)15-7-6-13(12-16(15)19(20)25)17(23)22-10-8-21(9-11-22)14-4-2-3-5-14/h6-7,12,14H,2-5,8-11H2,1H3. The van der Waals surface area contributed by atoms with Crippen molar-refractivity contribution in [3.05, 3.63) is 34.9 Å². The predicted octanol–water partition coefficient (Wildman–Crippen LogP) is 1.61. The lowest BCUT2D eigenvalue weighted by molar-refractivity contribution is 0.0573. The Hall–Kier alpha value is -2.21. The molecule has 0 aromatic heterocycles. The number of rotatable bonds is 2. The minimum absolute atomic E-state index is 0.0522. The summed E-state index contributed by atoms with van der Waals surface area (Å²) in [6, 6.07) is 5.53. The molecule has 25 heavy (non-hydrogen) atoms. The lowest BCUT2D eigenvalue weighted by Crippen LogP contribution is -2.51. The van der Waals surface area contributed by atoms with Crippen molar-refractivity contribution in [1.29, 1.82) is 0 Å². The van der Waals surface area contributed by atoms with Gasteiger partial charge in [-0.2, -0.15) is 0 Å². The lowest BCUT2D eigenvalue weighted by Gasteiger charge is -2.38. The monoisotopic (exact) mass is 341 g/mol. The molecule has 2 aliphatic heterocycles. The average Bonchev–Trinajstić information content (AvgIpc) is 3.26. The second kappa shape index (κ2) is 6.26. The molecule has 0 N–H and O–H groups in total. The van der Waals surface area contributed by atoms with E-state index in [2.05, 4.69) is 4.90 Å². The molecule has 6 heteroatoms. The van der Waals surface area contributed by atoms with E-state index in [-0.39, 0.29) is 17.7 Å². The molecule has 4 rings (SSSR count). The van der Waals surface area contributed by atoms with Crippen LogP contribution in [-0.4, -0.2) is 71.7 Å². The lowest BCUT2D eigenvalue weighted by atomic mass is 10.0. The Morgan fingerprint density at radius 1 is 0.960 bits per heavy atom. The molecular weight excluding hydrogens is 318 g/mol. The van der Waals surface area contributed by atoms with Crippen molar-refractivity contribution in [3.8, 4) is 0 Å². The molecule has 1 saturated heterocycles. The number of carbonyl (C=O) groups excluding carboxylic acids is 3. The Balaban J connectivity index is 1.46. The molecule has 1 aliphatic carbocycles. The fourth-order valence-electron chi connectivity index (χ4n) is 4.24. The van der Waals surface area contributed by atoms with Gasteiger partial charge in [0.15, 0.2) is 0 Å². The smallest absolute Gasteiger partial charge is 0.261 e. The Bertz CT molecular complexity index is 731. The molecule has 132 valence electrons. The van der Waals surface area contributed by atoms with Crippen LogP contribution in [0.25, 0.3) is 0 Å². The highest BCUT2D eigenvalue weighted by Gasteiger charge is 2.34. The Kier molecular flexibility index (Phi) is 4.07. The van der Waals surface area contributed by atoms with Crippen molar-refractivity contribution in [2.24, 2.45) is 0 Å². The van der Waals surface area contributed by atoms with Crippen molar-refractivity contribution in [2.45, 2.75) is 31.7 Å². The van der Waals surface area contributed by atoms with Gasteiger partial charge in [-0.15, -0.1) is 0 Å². The number of carbonyl (C=O) groups is 3. The van der Waals surface area contributed by atoms with Gasteiger partial charge in [-0.1, -0.05) is 12.8 Å². The number of amides is 3. The molecule has 0 unspecified atom stereocenters. The molecule has 1 aromatic carbocycles. The second-order valence-electron chi connectivity index (χ2n) is 7.20. The van der Waals surface area contributed by atoms with Crippen LogP contribution in [-0.2, 0) is 0 Å². The fraction of sp³-hybridized carbons (Fsp3) is 0.526. The zero-order valence-electron chi connectivity index (χ0n) is 14.5. The number of hydrogen-bond acceptors (Lipinski definition) is 4. The molecule has 2 fully saturated rings. The Labute approximate surface area is 147 Å². The normalized spacial score (nSPS) is 22.0. The van der Waals surface area contributed by atoms with E-state index in [0.717, 1.165) is 31.1 Å². The van der Waals surface area contributed by atoms with Gasteiger partial charge in [0.1, 0.15) is 0 Å². The van der Waals surface area contributed by atoms with Gasteiger partial charge in [-0.25, -0.2) is 0 Å². The van der Waals surface area contributed by atoms with Crippen molar-refractivity contribution >= 4 is 17.7 Å². The third kappa shape index (κ3) is 2.74. The summed E-state index contributed by atoms with van der Waals surface area (Å²) in [7, 11) is 1.47. The maximum Gasteiger partial charge on any atom is 0.261 e. The highest BCUT2D eigenvalue weighted by Crippen LogP contribution is 2.26. The minimum Gasteiger partial charge on any atom is -0.336 e. The van der Waals surface area contributed by atoms with E-state index < -0.39 is 0 Å². The molecule has 3 amide bonds. The first-order valence-electron chi connectivity index (χ1n) is 9.06. The molecule has 3 aliphatic rings. The third-order valence-electron chi connectivity index (χ3n) is 5.78. The number of nitrogens with zero attached hydrogens (tertiary/aromatic N) is 3. The summed E-state index contributed by atoms with van der Waals surface area (Å²) in [4.78, 5) is 42.3. The summed E-state index contributed by atoms with van der Waals surface area (Å²) in [5.74, 6) is -0.687. The summed E-state index contributed by atoms with van der Waals surface area (Å²) in [6.45, 7) is 3.28. The minimum atomic E-state index is -0.333. The highest BCUT2D eigenvalue weighted by molar-refractivity contribution is 6.21. The van der Waals surface area contributed by atoms with Crippen LogP contribution >= 0.6 is 0 Å². The van der Waals surface area contributed by atoms with Gasteiger partial charge in [0, 0.05) is 44.8 Å². The first-order chi connectivity index (χ1) is 12.1. The van der Waals surface area contributed by atoms with E-state index in [4.69, 9.17) is 0 Å². The summed E-state index contributed by atoms with van der Waals surface area (Å²) < 4.78 is 0. The summed E-state index contributed by atoms with van der Waals surface area (Å²) in [6.07, 6.45) is 5.20. The van der Waals surface area contributed by atoms with E-state index in [0.29, 0.717) is 22.7 Å². The molecule has 0 radical (unpaired) electrons. The molecule has 0 spiro atoms. The van der Waals surface area contributed by atoms with E-state index in [9.17, 15) is 14.4 Å². The van der Waals surface area contributed by atoms with Crippen molar-refractivity contribution in [3.63, 3.8) is 0 Å². The van der Waals surface area contributed by atoms with Crippen molar-refractivity contribution < 1.29 is 14.4 Å². The number of imide groups is 1. The van der Waals surface area contributed by atoms with Crippen LogP contribution in [0.2, 0.25) is 0 Å². The van der Waals surface area contributed by atoms with Crippen LogP contribution in [0.15, 0.2) is 18.2 Å². The van der Waals surface area contributed by atoms with Gasteiger partial charge in [-0.3, -0.25) is 24.2 Å². The molecule has 1 aromatic rings. The Morgan fingerprint density at radius 3 is 2.28 bits per heavy atom. The SMILES string of the molecule is CN1C(=O)c2ccc(C(=O)N3CCN(C4CCCC4)CC3)cc2C1=O. The topological polar surface area (TPSA) is 60.9 Å². The van der Waals surface area contributed by atoms with Gasteiger partial charge in [0.2, 0.25) is 0 Å². The van der Waals surface area contributed by atoms with Crippen LogP contribution in [0, 0.1) is 0 Å². The summed E-state index contributed by atoms with van der Waals surface area (Å²) >= 11 is 0. The molecule has 1 saturated carbocycles. The summed E-state index contributed by atoms with van der Waals surface area (Å²) in [5.41, 5.74) is 1.21. The predicted molar refractivity (Wildman–Crippen MR) is 92.6 cm³/mol. The van der Waals surface area contributed by atoms with Crippen molar-refractivity contribution in [1.82, 2.24) is 14.7 Å². The van der Waals surface area contributed by atoms with Crippen LogP contribution < -0.4 is 0 Å². The Morgan fingerprint density at radius 2 is 1.60 bits per heavy atom. The van der Waals surface area contributed by atoms with Gasteiger partial charge < -0.3 is 4.90 Å². The molecule has 0 atom stereocenters. The molecular formula is C19H23N3O3. The summed E-state index contributed by atoms with van der Waals surface area (Å²) in [5, 5.41) is 0. The number of fused-ring (bicyclic) bond motifs is 1. The second-order valence-corrected chi connectivity index (χ2v) is 7.20. The number of benzene rings is 1. The van der Waals surface area contributed by atoms with E-state index in [1.54, 1.807) is 18.2 Å². The molecule has 2 heterocycles. The van der Waals surface area contributed by atoms with Crippen molar-refractivity contribution in [2.75, 3.05) is 33.2 Å². The van der Waals surface area contributed by atoms with Crippen LogP contribution in [0.5, 0.6) is 0 Å². The fourth-order valence-corrected chi connectivity index (χ4v) is 4.24. The average molecular weight is 341 g/mol. The largest absolute Gasteiger partial charge is 0.336 e.